The Morgan fingerprint density at radius 2 is 0.986 bits per heavy atom. The van der Waals surface area contributed by atoms with Gasteiger partial charge >= 0.3 is 16.4 Å². The Bertz CT molecular complexity index is 1540. The van der Waals surface area contributed by atoms with Gasteiger partial charge in [0.25, 0.3) is 0 Å². The van der Waals surface area contributed by atoms with Crippen LogP contribution >= 0.6 is 0 Å². The van der Waals surface area contributed by atoms with Gasteiger partial charge in [0.15, 0.2) is 6.29 Å². The van der Waals surface area contributed by atoms with Gasteiger partial charge in [0.2, 0.25) is 0 Å². The number of unbranched alkanes of at least 4 members (excludes halogenated alkanes) is 20. The molecule has 1 fully saturated rings. The highest BCUT2D eigenvalue weighted by Crippen LogP contribution is 2.26. The van der Waals surface area contributed by atoms with Crippen molar-refractivity contribution in [1.82, 2.24) is 0 Å². The molecule has 0 aromatic heterocycles. The lowest BCUT2D eigenvalue weighted by molar-refractivity contribution is -0.301. The number of allylic oxidation sites excluding steroid dienone is 14. The molecule has 70 heavy (non-hydrogen) atoms. The molecule has 4 N–H and O–H groups in total. The van der Waals surface area contributed by atoms with E-state index in [0.29, 0.717) is 13.0 Å². The number of aliphatic hydroxyl groups excluding tert-OH is 3. The van der Waals surface area contributed by atoms with Gasteiger partial charge in [0.05, 0.1) is 19.8 Å². The van der Waals surface area contributed by atoms with E-state index in [0.717, 1.165) is 103 Å². The summed E-state index contributed by atoms with van der Waals surface area (Å²) >= 11 is 0. The molecule has 6 unspecified atom stereocenters. The summed E-state index contributed by atoms with van der Waals surface area (Å²) < 4.78 is 59.3. The molecule has 1 aliphatic heterocycles. The fraction of sp³-hybridized carbons (Fsp3) is 0.737. The van der Waals surface area contributed by atoms with Crippen LogP contribution in [0.25, 0.3) is 0 Å². The lowest BCUT2D eigenvalue weighted by Gasteiger charge is -2.41. The van der Waals surface area contributed by atoms with Gasteiger partial charge in [0, 0.05) is 13.0 Å². The Kier molecular flexibility index (Phi) is 44.1. The molecule has 0 bridgehead atoms. The molecule has 6 atom stereocenters. The van der Waals surface area contributed by atoms with E-state index in [1.165, 1.54) is 77.0 Å². The maximum Gasteiger partial charge on any atom is 0.397 e. The molecule has 1 aliphatic rings. The summed E-state index contributed by atoms with van der Waals surface area (Å²) in [6.07, 6.45) is 54.7. The second-order valence-corrected chi connectivity index (χ2v) is 19.5. The molecule has 1 rings (SSSR count). The monoisotopic (exact) mass is 1010 g/mol. The van der Waals surface area contributed by atoms with E-state index in [1.807, 2.05) is 0 Å². The van der Waals surface area contributed by atoms with Gasteiger partial charge in [-0.05, 0) is 89.9 Å². The highest BCUT2D eigenvalue weighted by Gasteiger charge is 2.48. The van der Waals surface area contributed by atoms with Crippen LogP contribution in [0.3, 0.4) is 0 Å². The van der Waals surface area contributed by atoms with Crippen molar-refractivity contribution in [2.24, 2.45) is 0 Å². The summed E-state index contributed by atoms with van der Waals surface area (Å²) in [7, 11) is -5.07. The Morgan fingerprint density at radius 3 is 1.44 bits per heavy atom. The van der Waals surface area contributed by atoms with Gasteiger partial charge < -0.3 is 34.3 Å². The smallest absolute Gasteiger partial charge is 0.397 e. The van der Waals surface area contributed by atoms with Crippen LogP contribution in [-0.4, -0.2) is 97.5 Å². The number of carbonyl (C=O) groups excluding carboxylic acids is 1. The van der Waals surface area contributed by atoms with Gasteiger partial charge in [-0.3, -0.25) is 9.35 Å². The molecule has 0 aliphatic carbocycles. The van der Waals surface area contributed by atoms with Crippen molar-refractivity contribution in [2.75, 3.05) is 26.4 Å². The van der Waals surface area contributed by atoms with Crippen LogP contribution in [0.15, 0.2) is 85.1 Å². The van der Waals surface area contributed by atoms with Crippen molar-refractivity contribution in [3.8, 4) is 0 Å². The number of ether oxygens (including phenoxy) is 4. The average Bonchev–Trinajstić information content (AvgIpc) is 3.34. The molecule has 0 aromatic rings. The molecule has 0 saturated carbocycles. The predicted octanol–water partition coefficient (Wildman–Crippen LogP) is 13.2. The Balaban J connectivity index is 2.34. The normalized spacial score (nSPS) is 19.8. The highest BCUT2D eigenvalue weighted by molar-refractivity contribution is 7.80. The lowest BCUT2D eigenvalue weighted by atomic mass is 9.99. The minimum Gasteiger partial charge on any atom is -0.457 e. The molecular weight excluding hydrogens is 909 g/mol. The number of aliphatic hydroxyl groups is 3. The maximum absolute atomic E-state index is 12.9. The fourth-order valence-corrected chi connectivity index (χ4v) is 8.41. The Hall–Kier alpha value is -2.72. The van der Waals surface area contributed by atoms with Crippen LogP contribution in [0.5, 0.6) is 0 Å². The van der Waals surface area contributed by atoms with Crippen molar-refractivity contribution in [3.63, 3.8) is 0 Å². The number of carbonyl (C=O) groups is 1. The molecule has 1 saturated heterocycles. The van der Waals surface area contributed by atoms with E-state index >= 15 is 0 Å². The van der Waals surface area contributed by atoms with E-state index in [4.69, 9.17) is 18.9 Å². The zero-order valence-electron chi connectivity index (χ0n) is 43.6. The van der Waals surface area contributed by atoms with E-state index in [1.54, 1.807) is 0 Å². The summed E-state index contributed by atoms with van der Waals surface area (Å²) in [6.45, 7) is 3.82. The van der Waals surface area contributed by atoms with Gasteiger partial charge in [-0.25, -0.2) is 4.18 Å². The number of rotatable bonds is 47. The minimum absolute atomic E-state index is 0.0172. The molecule has 404 valence electrons. The third kappa shape index (κ3) is 39.8. The fourth-order valence-electron chi connectivity index (χ4n) is 7.91. The van der Waals surface area contributed by atoms with E-state index in [9.17, 15) is 33.1 Å². The lowest BCUT2D eigenvalue weighted by Crippen LogP contribution is -2.60. The maximum atomic E-state index is 12.9. The molecule has 0 spiro atoms. The van der Waals surface area contributed by atoms with Gasteiger partial charge in [-0.2, -0.15) is 8.42 Å². The van der Waals surface area contributed by atoms with Crippen LogP contribution < -0.4 is 0 Å². The molecule has 12 nitrogen and oxygen atoms in total. The van der Waals surface area contributed by atoms with E-state index in [-0.39, 0.29) is 19.6 Å². The summed E-state index contributed by atoms with van der Waals surface area (Å²) in [5, 5.41) is 30.8. The van der Waals surface area contributed by atoms with Crippen LogP contribution in [-0.2, 0) is 38.3 Å². The number of hydrogen-bond acceptors (Lipinski definition) is 11. The first kappa shape index (κ1) is 65.3. The summed E-state index contributed by atoms with van der Waals surface area (Å²) in [5.74, 6) is -0.412. The SMILES string of the molecule is CC/C=C\C/C=C\C/C=C\C/C=C\CCCCCCCOCC(COC1OC(CO)C(O)C(OS(=O)(=O)O)C1O)OC(=O)CCCCCCCCCCCC/C=C\C/C=C\C/C=C\CCCCCCC. The van der Waals surface area contributed by atoms with Crippen LogP contribution in [0, 0.1) is 0 Å². The molecule has 1 heterocycles. The summed E-state index contributed by atoms with van der Waals surface area (Å²) in [4.78, 5) is 12.9. The predicted molar refractivity (Wildman–Crippen MR) is 285 cm³/mol. The third-order valence-corrected chi connectivity index (χ3v) is 12.5. The molecule has 0 radical (unpaired) electrons. The van der Waals surface area contributed by atoms with Crippen LogP contribution in [0.1, 0.15) is 206 Å². The van der Waals surface area contributed by atoms with E-state index in [2.05, 4.69) is 103 Å². The van der Waals surface area contributed by atoms with Crippen LogP contribution in [0.2, 0.25) is 0 Å². The second kappa shape index (κ2) is 47.3. The summed E-state index contributed by atoms with van der Waals surface area (Å²) in [5.41, 5.74) is 0. The quantitative estimate of drug-likeness (QED) is 0.0197. The molecule has 0 aromatic carbocycles. The third-order valence-electron chi connectivity index (χ3n) is 12.0. The average molecular weight is 1010 g/mol. The molecule has 0 amide bonds. The van der Waals surface area contributed by atoms with Crippen LogP contribution in [0.4, 0.5) is 0 Å². The number of hydrogen-bond donors (Lipinski definition) is 4. The zero-order chi connectivity index (χ0) is 51.0. The zero-order valence-corrected chi connectivity index (χ0v) is 44.4. The largest absolute Gasteiger partial charge is 0.457 e. The van der Waals surface area contributed by atoms with Gasteiger partial charge in [0.1, 0.15) is 30.5 Å². The number of esters is 1. The van der Waals surface area contributed by atoms with Gasteiger partial charge in [-0.15, -0.1) is 0 Å². The topological polar surface area (TPSA) is 178 Å². The second-order valence-electron chi connectivity index (χ2n) is 18.4. The first-order valence-corrected chi connectivity index (χ1v) is 28.7. The standard InChI is InChI=1S/C57H98O12S/c1-3-5-7-9-11-13-15-17-19-21-23-24-25-26-27-28-29-30-32-34-36-38-40-42-44-46-53(59)67-51(50-66-57-55(61)56(69-70(62,63)64)54(60)52(48-58)68-57)49-65-47-45-43-41-39-37-35-33-31-22-20-18-16-14-12-10-8-6-4-2/h6,8,12,14-15,17-18,20-21,23,25-26,31,33,51-52,54-58,60-61H,3-5,7,9-11,13,16,19,22,24,27-30,32,34-50H2,1-2H3,(H,62,63,64)/b8-6-,14-12-,17-15-,20-18-,23-21-,26-25-,33-31-. The van der Waals surface area contributed by atoms with Crippen molar-refractivity contribution in [1.29, 1.82) is 0 Å². The minimum atomic E-state index is -5.07. The summed E-state index contributed by atoms with van der Waals surface area (Å²) in [6, 6.07) is 0. The van der Waals surface area contributed by atoms with Crippen molar-refractivity contribution >= 4 is 16.4 Å². The van der Waals surface area contributed by atoms with E-state index < -0.39 is 59.8 Å². The Labute approximate surface area is 425 Å². The molecule has 13 heteroatoms. The first-order valence-electron chi connectivity index (χ1n) is 27.3. The first-order chi connectivity index (χ1) is 34.1. The molecular formula is C57H98O12S. The van der Waals surface area contributed by atoms with Gasteiger partial charge in [-0.1, -0.05) is 195 Å². The van der Waals surface area contributed by atoms with Crippen molar-refractivity contribution in [2.45, 2.75) is 243 Å². The highest BCUT2D eigenvalue weighted by atomic mass is 32.3. The van der Waals surface area contributed by atoms with Crippen molar-refractivity contribution < 1.29 is 56.2 Å². The Morgan fingerprint density at radius 1 is 0.557 bits per heavy atom. The van der Waals surface area contributed by atoms with Crippen molar-refractivity contribution in [3.05, 3.63) is 85.1 Å².